The molecule has 2 rings (SSSR count). The van der Waals surface area contributed by atoms with Gasteiger partial charge in [0.2, 0.25) is 5.91 Å². The summed E-state index contributed by atoms with van der Waals surface area (Å²) in [5.74, 6) is -1.45. The van der Waals surface area contributed by atoms with Gasteiger partial charge in [0, 0.05) is 20.0 Å². The average Bonchev–Trinajstić information content (AvgIpc) is 3.36. The Morgan fingerprint density at radius 1 is 1.18 bits per heavy atom. The highest BCUT2D eigenvalue weighted by molar-refractivity contribution is 6.06. The fraction of sp³-hybridized carbons (Fsp3) is 0.438. The van der Waals surface area contributed by atoms with Crippen LogP contribution in [-0.4, -0.2) is 47.9 Å². The van der Waals surface area contributed by atoms with Gasteiger partial charge in [-0.3, -0.25) is 9.59 Å². The summed E-state index contributed by atoms with van der Waals surface area (Å²) in [4.78, 5) is 38.4. The predicted octanol–water partition coefficient (Wildman–Crippen LogP) is 1.60. The Bertz CT molecular complexity index is 610. The van der Waals surface area contributed by atoms with Gasteiger partial charge >= 0.3 is 5.97 Å². The number of hydrogen-bond donors (Lipinski definition) is 1. The first-order chi connectivity index (χ1) is 10.3. The molecule has 2 amide bonds. The molecular formula is C16H20N2O4. The molecule has 1 unspecified atom stereocenters. The van der Waals surface area contributed by atoms with Crippen LogP contribution in [0, 0.1) is 5.92 Å². The van der Waals surface area contributed by atoms with Gasteiger partial charge in [-0.25, -0.2) is 4.79 Å². The zero-order valence-electron chi connectivity index (χ0n) is 12.9. The summed E-state index contributed by atoms with van der Waals surface area (Å²) in [5.41, 5.74) is 0.837. The number of carbonyl (C=O) groups excluding carboxylic acids is 2. The van der Waals surface area contributed by atoms with Crippen LogP contribution in [0.2, 0.25) is 0 Å². The van der Waals surface area contributed by atoms with Crippen LogP contribution in [0.5, 0.6) is 0 Å². The molecule has 1 aromatic rings. The average molecular weight is 304 g/mol. The van der Waals surface area contributed by atoms with Crippen molar-refractivity contribution in [1.29, 1.82) is 0 Å². The Hall–Kier alpha value is -2.37. The van der Waals surface area contributed by atoms with Crippen LogP contribution in [0.3, 0.4) is 0 Å². The Balaban J connectivity index is 2.29. The quantitative estimate of drug-likeness (QED) is 0.896. The molecule has 0 bridgehead atoms. The summed E-state index contributed by atoms with van der Waals surface area (Å²) in [6.07, 6.45) is 1.77. The first-order valence-corrected chi connectivity index (χ1v) is 7.21. The van der Waals surface area contributed by atoms with Crippen LogP contribution >= 0.6 is 0 Å². The molecule has 0 heterocycles. The van der Waals surface area contributed by atoms with E-state index >= 15 is 0 Å². The second kappa shape index (κ2) is 6.17. The number of likely N-dealkylation sites (N-methyl/N-ethyl adjacent to an activating group) is 1. The fourth-order valence-electron chi connectivity index (χ4n) is 2.20. The number of rotatable bonds is 5. The normalized spacial score (nSPS) is 15.0. The number of aliphatic carboxylic acids is 1. The van der Waals surface area contributed by atoms with Crippen LogP contribution in [-0.2, 0) is 9.59 Å². The minimum atomic E-state index is -1.07. The van der Waals surface area contributed by atoms with E-state index in [1.165, 1.54) is 18.9 Å². The first kappa shape index (κ1) is 16.0. The smallest absolute Gasteiger partial charge is 0.326 e. The van der Waals surface area contributed by atoms with Crippen LogP contribution in [0.4, 0.5) is 5.69 Å². The molecule has 0 spiro atoms. The first-order valence-electron chi connectivity index (χ1n) is 7.21. The summed E-state index contributed by atoms with van der Waals surface area (Å²) in [7, 11) is 3.09. The van der Waals surface area contributed by atoms with E-state index < -0.39 is 17.9 Å². The minimum absolute atomic E-state index is 0.00538. The summed E-state index contributed by atoms with van der Waals surface area (Å²) < 4.78 is 0. The van der Waals surface area contributed by atoms with E-state index in [9.17, 15) is 14.4 Å². The van der Waals surface area contributed by atoms with Crippen molar-refractivity contribution in [2.45, 2.75) is 25.8 Å². The van der Waals surface area contributed by atoms with Gasteiger partial charge in [0.15, 0.2) is 0 Å². The van der Waals surface area contributed by atoms with Crippen molar-refractivity contribution in [2.75, 3.05) is 19.0 Å². The molecule has 0 aliphatic heterocycles. The van der Waals surface area contributed by atoms with E-state index in [0.29, 0.717) is 11.3 Å². The van der Waals surface area contributed by atoms with Gasteiger partial charge in [-0.2, -0.15) is 0 Å². The van der Waals surface area contributed by atoms with Crippen molar-refractivity contribution in [3.8, 4) is 0 Å². The van der Waals surface area contributed by atoms with Crippen LogP contribution in [0.25, 0.3) is 0 Å². The maximum Gasteiger partial charge on any atom is 0.326 e. The third-order valence-corrected chi connectivity index (χ3v) is 4.01. The number of hydrogen-bond acceptors (Lipinski definition) is 3. The summed E-state index contributed by atoms with van der Waals surface area (Å²) >= 11 is 0. The summed E-state index contributed by atoms with van der Waals surface area (Å²) in [6, 6.07) is 5.83. The molecule has 1 aromatic carbocycles. The zero-order chi connectivity index (χ0) is 16.4. The highest BCUT2D eigenvalue weighted by atomic mass is 16.4. The Labute approximate surface area is 129 Å². The molecule has 118 valence electrons. The minimum Gasteiger partial charge on any atom is -0.480 e. The van der Waals surface area contributed by atoms with Crippen LogP contribution in [0.1, 0.15) is 30.1 Å². The maximum atomic E-state index is 12.5. The van der Waals surface area contributed by atoms with Gasteiger partial charge in [-0.15, -0.1) is 0 Å². The van der Waals surface area contributed by atoms with Gasteiger partial charge in [0.05, 0.1) is 11.3 Å². The number of carboxylic acids is 1. The van der Waals surface area contributed by atoms with Gasteiger partial charge in [0.1, 0.15) is 6.04 Å². The predicted molar refractivity (Wildman–Crippen MR) is 81.8 cm³/mol. The standard InChI is InChI=1S/C16H20N2O4/c1-10(16(21)22)17(2)15(20)12-6-4-5-7-13(12)18(3)14(19)11-8-9-11/h4-7,10-11H,8-9H2,1-3H3,(H,21,22). The Morgan fingerprint density at radius 2 is 1.77 bits per heavy atom. The molecule has 1 saturated carbocycles. The topological polar surface area (TPSA) is 77.9 Å². The van der Waals surface area contributed by atoms with Gasteiger partial charge in [0.25, 0.3) is 5.91 Å². The van der Waals surface area contributed by atoms with Crippen molar-refractivity contribution in [2.24, 2.45) is 5.92 Å². The third-order valence-electron chi connectivity index (χ3n) is 4.01. The van der Waals surface area contributed by atoms with Crippen LogP contribution in [0.15, 0.2) is 24.3 Å². The van der Waals surface area contributed by atoms with E-state index in [1.807, 2.05) is 0 Å². The summed E-state index contributed by atoms with van der Waals surface area (Å²) in [6.45, 7) is 1.45. The molecule has 1 atom stereocenters. The van der Waals surface area contributed by atoms with E-state index in [1.54, 1.807) is 31.3 Å². The van der Waals surface area contributed by atoms with Crippen molar-refractivity contribution in [1.82, 2.24) is 4.90 Å². The van der Waals surface area contributed by atoms with E-state index in [-0.39, 0.29) is 11.8 Å². The third kappa shape index (κ3) is 3.10. The van der Waals surface area contributed by atoms with E-state index in [2.05, 4.69) is 0 Å². The molecule has 0 radical (unpaired) electrons. The number of para-hydroxylation sites is 1. The van der Waals surface area contributed by atoms with Crippen molar-refractivity contribution >= 4 is 23.5 Å². The molecule has 1 fully saturated rings. The lowest BCUT2D eigenvalue weighted by Crippen LogP contribution is -2.41. The molecule has 6 heteroatoms. The Morgan fingerprint density at radius 3 is 2.32 bits per heavy atom. The number of amides is 2. The van der Waals surface area contributed by atoms with Gasteiger partial charge < -0.3 is 14.9 Å². The number of anilines is 1. The van der Waals surface area contributed by atoms with Crippen molar-refractivity contribution < 1.29 is 19.5 Å². The zero-order valence-corrected chi connectivity index (χ0v) is 12.9. The van der Waals surface area contributed by atoms with Crippen molar-refractivity contribution in [3.05, 3.63) is 29.8 Å². The Kier molecular flexibility index (Phi) is 4.49. The number of carbonyl (C=O) groups is 3. The molecular weight excluding hydrogens is 284 g/mol. The van der Waals surface area contributed by atoms with Crippen molar-refractivity contribution in [3.63, 3.8) is 0 Å². The monoisotopic (exact) mass is 304 g/mol. The van der Waals surface area contributed by atoms with E-state index in [0.717, 1.165) is 17.7 Å². The second-order valence-corrected chi connectivity index (χ2v) is 5.62. The molecule has 22 heavy (non-hydrogen) atoms. The lowest BCUT2D eigenvalue weighted by atomic mass is 10.1. The highest BCUT2D eigenvalue weighted by Crippen LogP contribution is 2.33. The molecule has 0 aromatic heterocycles. The SMILES string of the molecule is CC(C(=O)O)N(C)C(=O)c1ccccc1N(C)C(=O)C1CC1. The van der Waals surface area contributed by atoms with Gasteiger partial charge in [-0.1, -0.05) is 12.1 Å². The molecule has 0 saturated heterocycles. The second-order valence-electron chi connectivity index (χ2n) is 5.62. The number of nitrogens with zero attached hydrogens (tertiary/aromatic N) is 2. The van der Waals surface area contributed by atoms with Crippen LogP contribution < -0.4 is 4.90 Å². The molecule has 1 aliphatic carbocycles. The summed E-state index contributed by atoms with van der Waals surface area (Å²) in [5, 5.41) is 9.04. The largest absolute Gasteiger partial charge is 0.480 e. The molecule has 1 N–H and O–H groups in total. The van der Waals surface area contributed by atoms with Gasteiger partial charge in [-0.05, 0) is 31.9 Å². The highest BCUT2D eigenvalue weighted by Gasteiger charge is 2.34. The maximum absolute atomic E-state index is 12.5. The number of benzene rings is 1. The molecule has 1 aliphatic rings. The lowest BCUT2D eigenvalue weighted by Gasteiger charge is -2.25. The lowest BCUT2D eigenvalue weighted by molar-refractivity contribution is -0.141. The molecule has 6 nitrogen and oxygen atoms in total. The number of carboxylic acid groups (broad SMARTS) is 1. The van der Waals surface area contributed by atoms with E-state index in [4.69, 9.17) is 5.11 Å². The fourth-order valence-corrected chi connectivity index (χ4v) is 2.20.